The molecule has 0 aromatic heterocycles. The molecule has 0 aromatic carbocycles. The Labute approximate surface area is 58.2 Å². The largest absolute Gasteiger partial charge is 0.385 e. The number of methoxy groups -OCH3 is 1. The van der Waals surface area contributed by atoms with Gasteiger partial charge in [-0.1, -0.05) is 20.3 Å². The van der Waals surface area contributed by atoms with Crippen LogP contribution in [-0.4, -0.2) is 20.9 Å². The fourth-order valence-corrected chi connectivity index (χ4v) is 0. The van der Waals surface area contributed by atoms with Crippen LogP contribution in [0.5, 0.6) is 0 Å². The highest BCUT2D eigenvalue weighted by Crippen LogP contribution is 1.56. The number of ether oxygens (including phenoxy) is 1. The highest BCUT2D eigenvalue weighted by atomic mass is 19.1. The standard InChI is InChI=1S/C3H8O.C3H8.CH3F/c1-3-4-2;1-3-2;1-2/h3H2,1-2H3;3H2,1-2H3;1H3. The molecule has 0 saturated heterocycles. The Morgan fingerprint density at radius 2 is 1.22 bits per heavy atom. The summed E-state index contributed by atoms with van der Waals surface area (Å²) in [5.74, 6) is 0. The molecule has 60 valence electrons. The van der Waals surface area contributed by atoms with Gasteiger partial charge in [-0.3, -0.25) is 4.39 Å². The van der Waals surface area contributed by atoms with E-state index in [4.69, 9.17) is 0 Å². The first-order valence-electron chi connectivity index (χ1n) is 3.20. The summed E-state index contributed by atoms with van der Waals surface area (Å²) in [6.45, 7) is 7.03. The maximum Gasteiger partial charge on any atom is 0.0785 e. The first-order chi connectivity index (χ1) is 4.33. The molecule has 0 aliphatic rings. The van der Waals surface area contributed by atoms with Crippen molar-refractivity contribution in [3.63, 3.8) is 0 Å². The third kappa shape index (κ3) is 346. The number of hydrogen-bond acceptors (Lipinski definition) is 1. The molecule has 0 spiro atoms. The van der Waals surface area contributed by atoms with Gasteiger partial charge in [0, 0.05) is 13.7 Å². The first kappa shape index (κ1) is 16.0. The van der Waals surface area contributed by atoms with Gasteiger partial charge >= 0.3 is 0 Å². The summed E-state index contributed by atoms with van der Waals surface area (Å²) >= 11 is 0. The lowest BCUT2D eigenvalue weighted by molar-refractivity contribution is 0.215. The van der Waals surface area contributed by atoms with Gasteiger partial charge in [0.25, 0.3) is 0 Å². The van der Waals surface area contributed by atoms with Crippen LogP contribution in [0.15, 0.2) is 0 Å². The molecule has 0 aromatic rings. The van der Waals surface area contributed by atoms with Gasteiger partial charge in [0.15, 0.2) is 0 Å². The molecule has 0 rings (SSSR count). The Morgan fingerprint density at radius 1 is 1.11 bits per heavy atom. The van der Waals surface area contributed by atoms with E-state index >= 15 is 0 Å². The van der Waals surface area contributed by atoms with Crippen molar-refractivity contribution in [3.8, 4) is 0 Å². The molecule has 0 N–H and O–H groups in total. The zero-order valence-electron chi connectivity index (χ0n) is 7.20. The normalized spacial score (nSPS) is 6.00. The third-order valence-corrected chi connectivity index (χ3v) is 0.289. The fraction of sp³-hybridized carbons (Fsp3) is 1.00. The molecular weight excluding hydrogens is 119 g/mol. The van der Waals surface area contributed by atoms with Gasteiger partial charge < -0.3 is 4.74 Å². The summed E-state index contributed by atoms with van der Waals surface area (Å²) in [5.41, 5.74) is 0. The third-order valence-electron chi connectivity index (χ3n) is 0.289. The smallest absolute Gasteiger partial charge is 0.0785 e. The van der Waals surface area contributed by atoms with E-state index < -0.39 is 0 Å². The quantitative estimate of drug-likeness (QED) is 0.541. The molecule has 0 radical (unpaired) electrons. The minimum absolute atomic E-state index is 0.500. The van der Waals surface area contributed by atoms with Crippen molar-refractivity contribution in [1.29, 1.82) is 0 Å². The lowest BCUT2D eigenvalue weighted by atomic mass is 10.6. The van der Waals surface area contributed by atoms with E-state index in [9.17, 15) is 4.39 Å². The fourth-order valence-electron chi connectivity index (χ4n) is 0. The van der Waals surface area contributed by atoms with E-state index in [0.717, 1.165) is 6.61 Å². The lowest BCUT2D eigenvalue weighted by Gasteiger charge is -1.76. The molecule has 0 atom stereocenters. The van der Waals surface area contributed by atoms with E-state index in [2.05, 4.69) is 18.6 Å². The van der Waals surface area contributed by atoms with E-state index in [1.807, 2.05) is 6.92 Å². The van der Waals surface area contributed by atoms with Crippen molar-refractivity contribution < 1.29 is 9.13 Å². The molecule has 0 heterocycles. The van der Waals surface area contributed by atoms with E-state index in [1.165, 1.54) is 6.42 Å². The average Bonchev–Trinajstić information content (AvgIpc) is 1.94. The maximum atomic E-state index is 9.50. The minimum Gasteiger partial charge on any atom is -0.385 e. The van der Waals surface area contributed by atoms with Crippen molar-refractivity contribution >= 4 is 0 Å². The summed E-state index contributed by atoms with van der Waals surface area (Å²) in [4.78, 5) is 0. The summed E-state index contributed by atoms with van der Waals surface area (Å²) in [7, 11) is 2.18. The second kappa shape index (κ2) is 44.8. The van der Waals surface area contributed by atoms with Crippen LogP contribution < -0.4 is 0 Å². The molecule has 0 aliphatic carbocycles. The Morgan fingerprint density at radius 3 is 1.22 bits per heavy atom. The van der Waals surface area contributed by atoms with Crippen LogP contribution in [-0.2, 0) is 4.74 Å². The molecule has 9 heavy (non-hydrogen) atoms. The van der Waals surface area contributed by atoms with Crippen LogP contribution >= 0.6 is 0 Å². The maximum absolute atomic E-state index is 9.50. The van der Waals surface area contributed by atoms with Gasteiger partial charge in [-0.15, -0.1) is 0 Å². The van der Waals surface area contributed by atoms with Crippen LogP contribution in [0.1, 0.15) is 27.2 Å². The van der Waals surface area contributed by atoms with E-state index in [-0.39, 0.29) is 0 Å². The van der Waals surface area contributed by atoms with Gasteiger partial charge in [-0.2, -0.15) is 0 Å². The van der Waals surface area contributed by atoms with Crippen molar-refractivity contribution in [2.24, 2.45) is 0 Å². The monoisotopic (exact) mass is 138 g/mol. The van der Waals surface area contributed by atoms with Gasteiger partial charge in [-0.05, 0) is 6.92 Å². The van der Waals surface area contributed by atoms with Crippen LogP contribution in [0, 0.1) is 0 Å². The summed E-state index contributed by atoms with van der Waals surface area (Å²) in [6, 6.07) is 0. The highest BCUT2D eigenvalue weighted by Gasteiger charge is 1.51. The number of halogens is 1. The Bertz CT molecular complexity index is 16.4. The first-order valence-corrected chi connectivity index (χ1v) is 3.20. The zero-order chi connectivity index (χ0) is 8.12. The summed E-state index contributed by atoms with van der Waals surface area (Å²) < 4.78 is 14.0. The van der Waals surface area contributed by atoms with E-state index in [1.54, 1.807) is 7.11 Å². The van der Waals surface area contributed by atoms with E-state index in [0.29, 0.717) is 7.18 Å². The second-order valence-corrected chi connectivity index (χ2v) is 1.28. The predicted molar refractivity (Wildman–Crippen MR) is 40.5 cm³/mol. The molecule has 1 nitrogen and oxygen atoms in total. The number of rotatable bonds is 1. The van der Waals surface area contributed by atoms with Gasteiger partial charge in [-0.25, -0.2) is 0 Å². The van der Waals surface area contributed by atoms with Crippen LogP contribution in [0.2, 0.25) is 0 Å². The average molecular weight is 138 g/mol. The Kier molecular flexibility index (Phi) is 79.5. The SMILES string of the molecule is CCC.CCOC.CF. The molecule has 0 unspecified atom stereocenters. The molecule has 0 aliphatic heterocycles. The Hall–Kier alpha value is -0.110. The van der Waals surface area contributed by atoms with Crippen LogP contribution in [0.3, 0.4) is 0 Å². The number of hydrogen-bond donors (Lipinski definition) is 0. The molecular formula is C7H19FO. The van der Waals surface area contributed by atoms with Gasteiger partial charge in [0.05, 0.1) is 7.18 Å². The molecule has 0 fully saturated rings. The lowest BCUT2D eigenvalue weighted by Crippen LogP contribution is -1.73. The summed E-state index contributed by atoms with van der Waals surface area (Å²) in [6.07, 6.45) is 1.25. The molecule has 0 bridgehead atoms. The molecule has 0 saturated carbocycles. The van der Waals surface area contributed by atoms with Crippen LogP contribution in [0.4, 0.5) is 4.39 Å². The zero-order valence-corrected chi connectivity index (χ0v) is 7.20. The summed E-state index contributed by atoms with van der Waals surface area (Å²) in [5, 5.41) is 0. The second-order valence-electron chi connectivity index (χ2n) is 1.28. The minimum atomic E-state index is 0.500. The van der Waals surface area contributed by atoms with Crippen molar-refractivity contribution in [3.05, 3.63) is 0 Å². The van der Waals surface area contributed by atoms with Crippen LogP contribution in [0.25, 0.3) is 0 Å². The molecule has 0 amide bonds. The van der Waals surface area contributed by atoms with Gasteiger partial charge in [0.1, 0.15) is 0 Å². The predicted octanol–water partition coefficient (Wildman–Crippen LogP) is 2.65. The molecule has 2 heteroatoms. The Balaban J connectivity index is -0.0000000646. The highest BCUT2D eigenvalue weighted by molar-refractivity contribution is 3.94. The van der Waals surface area contributed by atoms with Crippen molar-refractivity contribution in [2.75, 3.05) is 20.9 Å². The van der Waals surface area contributed by atoms with Crippen molar-refractivity contribution in [1.82, 2.24) is 0 Å². The topological polar surface area (TPSA) is 9.23 Å². The van der Waals surface area contributed by atoms with Gasteiger partial charge in [0.2, 0.25) is 0 Å². The van der Waals surface area contributed by atoms with Crippen molar-refractivity contribution in [2.45, 2.75) is 27.2 Å². The number of alkyl halides is 1.